The summed E-state index contributed by atoms with van der Waals surface area (Å²) in [6.45, 7) is 0. The van der Waals surface area contributed by atoms with Crippen LogP contribution in [0.4, 0.5) is 0 Å². The summed E-state index contributed by atoms with van der Waals surface area (Å²) in [5.74, 6) is -3.46. The summed E-state index contributed by atoms with van der Waals surface area (Å²) in [4.78, 5) is 27.3. The van der Waals surface area contributed by atoms with Crippen molar-refractivity contribution in [3.8, 4) is 0 Å². The van der Waals surface area contributed by atoms with Gasteiger partial charge >= 0.3 is 5.97 Å². The number of hydrogen-bond donors (Lipinski definition) is 2. The smallest absolute Gasteiger partial charge is 0.376 e. The van der Waals surface area contributed by atoms with E-state index in [2.05, 4.69) is 20.1 Å². The number of aliphatic hydroxyl groups is 1. The lowest BCUT2D eigenvalue weighted by molar-refractivity contribution is -0.146. The van der Waals surface area contributed by atoms with Gasteiger partial charge in [-0.3, -0.25) is 4.79 Å². The van der Waals surface area contributed by atoms with Crippen LogP contribution in [0.3, 0.4) is 0 Å². The highest BCUT2D eigenvalue weighted by molar-refractivity contribution is 6.38. The van der Waals surface area contributed by atoms with Gasteiger partial charge in [0.25, 0.3) is 5.78 Å². The average molecular weight is 328 g/mol. The molecule has 0 fully saturated rings. The highest BCUT2D eigenvalue weighted by atomic mass is 16.4. The number of carboxylic acids is 1. The maximum absolute atomic E-state index is 11.2. The quantitative estimate of drug-likeness (QED) is 0.209. The van der Waals surface area contributed by atoms with Crippen LogP contribution in [0.25, 0.3) is 26.6 Å². The van der Waals surface area contributed by atoms with Crippen LogP contribution in [0.15, 0.2) is 34.5 Å². The number of carboxylic acid groups (broad SMARTS) is 1. The van der Waals surface area contributed by atoms with Gasteiger partial charge in [-0.25, -0.2) is 4.79 Å². The van der Waals surface area contributed by atoms with E-state index >= 15 is 0 Å². The molecule has 2 N–H and O–H groups in total. The van der Waals surface area contributed by atoms with Gasteiger partial charge in [-0.1, -0.05) is 22.4 Å². The van der Waals surface area contributed by atoms with Crippen LogP contribution in [-0.2, 0) is 9.59 Å². The summed E-state index contributed by atoms with van der Waals surface area (Å²) in [7, 11) is 0. The minimum absolute atomic E-state index is 0.197. The molecule has 24 heavy (non-hydrogen) atoms. The summed E-state index contributed by atoms with van der Waals surface area (Å²) < 4.78 is 0. The normalized spacial score (nSPS) is 19.4. The highest BCUT2D eigenvalue weighted by Gasteiger charge is 2.26. The summed E-state index contributed by atoms with van der Waals surface area (Å²) in [6.07, 6.45) is 1.57. The van der Waals surface area contributed by atoms with Gasteiger partial charge in [-0.15, -0.1) is 0 Å². The van der Waals surface area contributed by atoms with Gasteiger partial charge in [0, 0.05) is 21.5 Å². The van der Waals surface area contributed by atoms with Gasteiger partial charge in [0.15, 0.2) is 0 Å². The fourth-order valence-corrected chi connectivity index (χ4v) is 2.59. The molecule has 1 aliphatic carbocycles. The number of aliphatic carboxylic acids is 1. The lowest BCUT2D eigenvalue weighted by Gasteiger charge is -2.27. The molecule has 10 nitrogen and oxygen atoms in total. The summed E-state index contributed by atoms with van der Waals surface area (Å²) in [5, 5.41) is 25.9. The molecule has 0 spiro atoms. The van der Waals surface area contributed by atoms with Gasteiger partial charge in [-0.2, -0.15) is 0 Å². The number of carbonyl (C=O) groups is 2. The Morgan fingerprint density at radius 3 is 2.21 bits per heavy atom. The zero-order chi connectivity index (χ0) is 17.7. The van der Waals surface area contributed by atoms with E-state index in [1.54, 1.807) is 6.07 Å². The summed E-state index contributed by atoms with van der Waals surface area (Å²) in [6, 6.07) is 3.64. The van der Waals surface area contributed by atoms with Gasteiger partial charge < -0.3 is 10.2 Å². The topological polar surface area (TPSA) is 172 Å². The number of azide groups is 2. The van der Waals surface area contributed by atoms with Crippen molar-refractivity contribution in [2.24, 2.45) is 10.2 Å². The molecule has 1 aromatic carbocycles. The van der Waals surface area contributed by atoms with Crippen molar-refractivity contribution >= 4 is 17.5 Å². The van der Waals surface area contributed by atoms with Crippen molar-refractivity contribution in [1.82, 2.24) is 0 Å². The highest BCUT2D eigenvalue weighted by Crippen LogP contribution is 2.41. The maximum Gasteiger partial charge on any atom is 0.376 e. The molecular weight excluding hydrogens is 316 g/mol. The van der Waals surface area contributed by atoms with Crippen molar-refractivity contribution in [1.29, 1.82) is 0 Å². The van der Waals surface area contributed by atoms with E-state index in [0.717, 1.165) is 0 Å². The Labute approximate surface area is 135 Å². The molecule has 0 aliphatic heterocycles. The first-order valence-corrected chi connectivity index (χ1v) is 6.88. The van der Waals surface area contributed by atoms with Gasteiger partial charge in [0.2, 0.25) is 0 Å². The van der Waals surface area contributed by atoms with E-state index in [4.69, 9.17) is 16.2 Å². The Morgan fingerprint density at radius 1 is 1.08 bits per heavy atom. The Kier molecular flexibility index (Phi) is 5.06. The number of carbonyl (C=O) groups excluding carboxylic acids is 1. The third kappa shape index (κ3) is 3.46. The molecule has 0 heterocycles. The molecule has 1 aromatic rings. The van der Waals surface area contributed by atoms with Crippen molar-refractivity contribution in [2.45, 2.75) is 24.9 Å². The molecule has 0 radical (unpaired) electrons. The number of benzene rings is 1. The number of ketones is 1. The Bertz CT molecular complexity index is 821. The first-order valence-electron chi connectivity index (χ1n) is 6.88. The first kappa shape index (κ1) is 16.9. The average Bonchev–Trinajstić information content (AvgIpc) is 2.56. The third-order valence-electron chi connectivity index (χ3n) is 3.67. The standard InChI is InChI=1S/C14H12N6O4/c15-19-17-10-3-4-11(18-20-16)9-5-7(1-2-8(9)10)12(21)6-13(22)14(23)24/h1-2,5-6,10-11,21H,3-4H2,(H,23,24)/b12-6+. The van der Waals surface area contributed by atoms with Crippen LogP contribution in [0.5, 0.6) is 0 Å². The van der Waals surface area contributed by atoms with E-state index in [1.165, 1.54) is 12.1 Å². The zero-order valence-electron chi connectivity index (χ0n) is 12.3. The van der Waals surface area contributed by atoms with Crippen molar-refractivity contribution in [3.63, 3.8) is 0 Å². The zero-order valence-corrected chi connectivity index (χ0v) is 12.3. The Morgan fingerprint density at radius 2 is 1.67 bits per heavy atom. The fourth-order valence-electron chi connectivity index (χ4n) is 2.59. The maximum atomic E-state index is 11.2. The minimum atomic E-state index is -1.69. The SMILES string of the molecule is [N-]=[N+]=NC1CCC(N=[N+]=[N-])c2cc(/C(O)=C\C(=O)C(=O)O)ccc21. The second kappa shape index (κ2) is 7.19. The predicted octanol–water partition coefficient (Wildman–Crippen LogP) is 3.74. The van der Waals surface area contributed by atoms with Crippen LogP contribution in [0.1, 0.15) is 41.6 Å². The largest absolute Gasteiger partial charge is 0.507 e. The molecule has 0 saturated heterocycles. The van der Waals surface area contributed by atoms with Crippen LogP contribution >= 0.6 is 0 Å². The van der Waals surface area contributed by atoms with Crippen molar-refractivity contribution < 1.29 is 19.8 Å². The van der Waals surface area contributed by atoms with E-state index < -0.39 is 29.6 Å². The fraction of sp³-hybridized carbons (Fsp3) is 0.286. The lowest BCUT2D eigenvalue weighted by Crippen LogP contribution is -2.12. The third-order valence-corrected chi connectivity index (χ3v) is 3.67. The molecule has 0 amide bonds. The van der Waals surface area contributed by atoms with Gasteiger partial charge in [-0.05, 0) is 41.1 Å². The summed E-state index contributed by atoms with van der Waals surface area (Å²) in [5.41, 5.74) is 18.7. The second-order valence-electron chi connectivity index (χ2n) is 5.06. The van der Waals surface area contributed by atoms with E-state index in [1.807, 2.05) is 0 Å². The van der Waals surface area contributed by atoms with Crippen LogP contribution in [0, 0.1) is 0 Å². The van der Waals surface area contributed by atoms with Crippen LogP contribution in [-0.4, -0.2) is 22.0 Å². The van der Waals surface area contributed by atoms with E-state index in [9.17, 15) is 14.7 Å². The lowest BCUT2D eigenvalue weighted by atomic mass is 9.83. The molecule has 2 atom stereocenters. The number of fused-ring (bicyclic) bond motifs is 1. The second-order valence-corrected chi connectivity index (χ2v) is 5.06. The van der Waals surface area contributed by atoms with Crippen LogP contribution < -0.4 is 0 Å². The van der Waals surface area contributed by atoms with E-state index in [-0.39, 0.29) is 5.56 Å². The number of hydrogen-bond acceptors (Lipinski definition) is 5. The Balaban J connectivity index is 2.51. The van der Waals surface area contributed by atoms with Crippen LogP contribution in [0.2, 0.25) is 0 Å². The molecule has 2 unspecified atom stereocenters. The van der Waals surface area contributed by atoms with Gasteiger partial charge in [0.05, 0.1) is 12.1 Å². The number of nitrogens with zero attached hydrogens (tertiary/aromatic N) is 6. The monoisotopic (exact) mass is 328 g/mol. The Hall–Kier alpha value is -3.48. The molecule has 2 rings (SSSR count). The van der Waals surface area contributed by atoms with E-state index in [0.29, 0.717) is 30.0 Å². The molecule has 122 valence electrons. The summed E-state index contributed by atoms with van der Waals surface area (Å²) >= 11 is 0. The number of rotatable bonds is 5. The molecule has 0 bridgehead atoms. The molecule has 1 aliphatic rings. The predicted molar refractivity (Wildman–Crippen MR) is 82.7 cm³/mol. The first-order chi connectivity index (χ1) is 11.5. The molecule has 0 saturated carbocycles. The van der Waals surface area contributed by atoms with Gasteiger partial charge in [0.1, 0.15) is 5.76 Å². The van der Waals surface area contributed by atoms with Crippen molar-refractivity contribution in [2.75, 3.05) is 0 Å². The minimum Gasteiger partial charge on any atom is -0.507 e. The van der Waals surface area contributed by atoms with Crippen molar-refractivity contribution in [3.05, 3.63) is 61.9 Å². The molecular formula is C14H12N6O4. The number of aliphatic hydroxyl groups excluding tert-OH is 1. The molecule has 0 aromatic heterocycles. The molecule has 10 heteroatoms.